The summed E-state index contributed by atoms with van der Waals surface area (Å²) in [6.45, 7) is 1.97. The monoisotopic (exact) mass is 396 g/mol. The van der Waals surface area contributed by atoms with E-state index in [1.807, 2.05) is 43.3 Å². The van der Waals surface area contributed by atoms with Gasteiger partial charge < -0.3 is 4.74 Å². The summed E-state index contributed by atoms with van der Waals surface area (Å²) in [5.41, 5.74) is 2.65. The Labute approximate surface area is 135 Å². The minimum absolute atomic E-state index is 0.0748. The number of carbonyl (C=O) groups is 1. The van der Waals surface area contributed by atoms with Crippen LogP contribution in [0.25, 0.3) is 0 Å². The zero-order chi connectivity index (χ0) is 14.7. The Hall–Kier alpha value is -1.13. The van der Waals surface area contributed by atoms with Crippen LogP contribution in [-0.4, -0.2) is 12.9 Å². The molecule has 0 N–H and O–H groups in total. The van der Waals surface area contributed by atoms with E-state index < -0.39 is 0 Å². The van der Waals surface area contributed by atoms with Crippen molar-refractivity contribution in [3.05, 3.63) is 62.0 Å². The largest absolute Gasteiger partial charge is 0.496 e. The number of hydrogen-bond acceptors (Lipinski definition) is 2. The quantitative estimate of drug-likeness (QED) is 0.682. The summed E-state index contributed by atoms with van der Waals surface area (Å²) >= 11 is 6.84. The number of hydrogen-bond donors (Lipinski definition) is 0. The minimum Gasteiger partial charge on any atom is -0.496 e. The van der Waals surface area contributed by atoms with Gasteiger partial charge in [-0.15, -0.1) is 0 Å². The summed E-state index contributed by atoms with van der Waals surface area (Å²) in [5.74, 6) is 0.805. The topological polar surface area (TPSA) is 26.3 Å². The lowest BCUT2D eigenvalue weighted by atomic mass is 10.0. The Morgan fingerprint density at radius 3 is 2.50 bits per heavy atom. The molecule has 0 saturated carbocycles. The van der Waals surface area contributed by atoms with Gasteiger partial charge in [-0.3, -0.25) is 4.79 Å². The molecule has 0 aliphatic carbocycles. The normalized spacial score (nSPS) is 10.4. The number of Topliss-reactive ketones (excluding diaryl/α,β-unsaturated/α-hetero) is 1. The van der Waals surface area contributed by atoms with Crippen LogP contribution in [0.3, 0.4) is 0 Å². The Bertz CT molecular complexity index is 631. The van der Waals surface area contributed by atoms with E-state index in [0.717, 1.165) is 25.8 Å². The van der Waals surface area contributed by atoms with Crippen molar-refractivity contribution in [1.82, 2.24) is 0 Å². The van der Waals surface area contributed by atoms with Crippen LogP contribution in [0.1, 0.15) is 21.5 Å². The fourth-order valence-corrected chi connectivity index (χ4v) is 3.07. The first-order valence-electron chi connectivity index (χ1n) is 6.12. The number of ether oxygens (including phenoxy) is 1. The van der Waals surface area contributed by atoms with Crippen LogP contribution in [0.15, 0.2) is 45.3 Å². The molecular weight excluding hydrogens is 384 g/mol. The maximum atomic E-state index is 12.4. The second-order valence-corrected chi connectivity index (χ2v) is 6.40. The molecule has 104 valence electrons. The van der Waals surface area contributed by atoms with Crippen molar-refractivity contribution in [2.24, 2.45) is 0 Å². The van der Waals surface area contributed by atoms with Gasteiger partial charge in [-0.1, -0.05) is 31.9 Å². The van der Waals surface area contributed by atoms with Gasteiger partial charge in [0.15, 0.2) is 5.78 Å². The molecule has 0 aliphatic rings. The average Bonchev–Trinajstić information content (AvgIpc) is 2.37. The van der Waals surface area contributed by atoms with Gasteiger partial charge in [-0.2, -0.15) is 0 Å². The van der Waals surface area contributed by atoms with Crippen molar-refractivity contribution in [2.75, 3.05) is 7.11 Å². The molecule has 0 aromatic heterocycles. The lowest BCUT2D eigenvalue weighted by Crippen LogP contribution is -2.05. The van der Waals surface area contributed by atoms with Crippen molar-refractivity contribution in [1.29, 1.82) is 0 Å². The first-order valence-corrected chi connectivity index (χ1v) is 7.71. The lowest BCUT2D eigenvalue weighted by Gasteiger charge is -2.09. The van der Waals surface area contributed by atoms with Gasteiger partial charge in [0.05, 0.1) is 7.11 Å². The van der Waals surface area contributed by atoms with Crippen LogP contribution in [0.4, 0.5) is 0 Å². The van der Waals surface area contributed by atoms with Crippen LogP contribution >= 0.6 is 31.9 Å². The molecule has 0 bridgehead atoms. The summed E-state index contributed by atoms with van der Waals surface area (Å²) < 4.78 is 7.16. The van der Waals surface area contributed by atoms with Gasteiger partial charge in [0, 0.05) is 26.5 Å². The summed E-state index contributed by atoms with van der Waals surface area (Å²) in [4.78, 5) is 12.4. The molecular formula is C16H14Br2O2. The maximum absolute atomic E-state index is 12.4. The Morgan fingerprint density at radius 2 is 1.85 bits per heavy atom. The van der Waals surface area contributed by atoms with Crippen molar-refractivity contribution >= 4 is 37.6 Å². The number of methoxy groups -OCH3 is 1. The second-order valence-electron chi connectivity index (χ2n) is 4.57. The highest BCUT2D eigenvalue weighted by molar-refractivity contribution is 9.10. The van der Waals surface area contributed by atoms with Crippen LogP contribution in [0.5, 0.6) is 5.75 Å². The van der Waals surface area contributed by atoms with Crippen LogP contribution in [0.2, 0.25) is 0 Å². The molecule has 2 aromatic carbocycles. The fraction of sp³-hybridized carbons (Fsp3) is 0.188. The smallest absolute Gasteiger partial charge is 0.167 e. The lowest BCUT2D eigenvalue weighted by molar-refractivity contribution is 0.0992. The number of benzene rings is 2. The van der Waals surface area contributed by atoms with Gasteiger partial charge in [-0.25, -0.2) is 0 Å². The predicted molar refractivity (Wildman–Crippen MR) is 87.6 cm³/mol. The Morgan fingerprint density at radius 1 is 1.10 bits per heavy atom. The van der Waals surface area contributed by atoms with Gasteiger partial charge in [-0.05, 0) is 48.9 Å². The third-order valence-electron chi connectivity index (χ3n) is 2.96. The van der Waals surface area contributed by atoms with E-state index >= 15 is 0 Å². The predicted octanol–water partition coefficient (Wildman–Crippen LogP) is 4.95. The van der Waals surface area contributed by atoms with Crippen molar-refractivity contribution in [3.8, 4) is 5.75 Å². The van der Waals surface area contributed by atoms with E-state index in [-0.39, 0.29) is 5.78 Å². The van der Waals surface area contributed by atoms with Crippen LogP contribution < -0.4 is 4.74 Å². The van der Waals surface area contributed by atoms with E-state index in [0.29, 0.717) is 12.0 Å². The molecule has 2 aromatic rings. The number of halogens is 2. The molecule has 0 radical (unpaired) electrons. The fourth-order valence-electron chi connectivity index (χ4n) is 2.06. The highest BCUT2D eigenvalue weighted by Crippen LogP contribution is 2.25. The van der Waals surface area contributed by atoms with E-state index in [2.05, 4.69) is 31.9 Å². The first kappa shape index (κ1) is 15.3. The molecule has 0 aliphatic heterocycles. The number of aryl methyl sites for hydroxylation is 1. The van der Waals surface area contributed by atoms with E-state index in [1.165, 1.54) is 0 Å². The Balaban J connectivity index is 2.29. The van der Waals surface area contributed by atoms with Gasteiger partial charge in [0.1, 0.15) is 5.75 Å². The number of ketones is 1. The van der Waals surface area contributed by atoms with E-state index in [4.69, 9.17) is 4.74 Å². The van der Waals surface area contributed by atoms with Crippen LogP contribution in [0, 0.1) is 6.92 Å². The van der Waals surface area contributed by atoms with E-state index in [9.17, 15) is 4.79 Å². The summed E-state index contributed by atoms with van der Waals surface area (Å²) in [6.07, 6.45) is 0.318. The third-order valence-corrected chi connectivity index (χ3v) is 3.91. The average molecular weight is 398 g/mol. The summed E-state index contributed by atoms with van der Waals surface area (Å²) in [5, 5.41) is 0. The minimum atomic E-state index is 0.0748. The molecule has 2 nitrogen and oxygen atoms in total. The molecule has 2 rings (SSSR count). The SMILES string of the molecule is COc1ccc(Br)cc1CC(=O)c1cc(C)cc(Br)c1. The molecule has 20 heavy (non-hydrogen) atoms. The molecule has 0 saturated heterocycles. The first-order chi connectivity index (χ1) is 9.49. The molecule has 0 spiro atoms. The third kappa shape index (κ3) is 3.70. The summed E-state index contributed by atoms with van der Waals surface area (Å²) in [6, 6.07) is 11.4. The molecule has 0 fully saturated rings. The van der Waals surface area contributed by atoms with Gasteiger partial charge in [0.2, 0.25) is 0 Å². The summed E-state index contributed by atoms with van der Waals surface area (Å²) in [7, 11) is 1.61. The molecule has 0 atom stereocenters. The molecule has 0 heterocycles. The zero-order valence-corrected chi connectivity index (χ0v) is 14.4. The molecule has 0 amide bonds. The van der Waals surface area contributed by atoms with Crippen molar-refractivity contribution < 1.29 is 9.53 Å². The second kappa shape index (κ2) is 6.55. The van der Waals surface area contributed by atoms with Gasteiger partial charge >= 0.3 is 0 Å². The number of carbonyl (C=O) groups excluding carboxylic acids is 1. The zero-order valence-electron chi connectivity index (χ0n) is 11.2. The maximum Gasteiger partial charge on any atom is 0.167 e. The number of rotatable bonds is 4. The standard InChI is InChI=1S/C16H14Br2O2/c1-10-5-11(7-14(18)6-10)15(19)9-12-8-13(17)3-4-16(12)20-2/h3-8H,9H2,1-2H3. The van der Waals surface area contributed by atoms with Crippen molar-refractivity contribution in [3.63, 3.8) is 0 Å². The molecule has 4 heteroatoms. The molecule has 0 unspecified atom stereocenters. The highest BCUT2D eigenvalue weighted by atomic mass is 79.9. The highest BCUT2D eigenvalue weighted by Gasteiger charge is 2.12. The van der Waals surface area contributed by atoms with E-state index in [1.54, 1.807) is 7.11 Å². The van der Waals surface area contributed by atoms with Crippen molar-refractivity contribution in [2.45, 2.75) is 13.3 Å². The Kier molecular flexibility index (Phi) is 5.00. The van der Waals surface area contributed by atoms with Gasteiger partial charge in [0.25, 0.3) is 0 Å². The van der Waals surface area contributed by atoms with Crippen LogP contribution in [-0.2, 0) is 6.42 Å².